The third-order valence-corrected chi connectivity index (χ3v) is 3.64. The molecule has 0 fully saturated rings. The van der Waals surface area contributed by atoms with Crippen molar-refractivity contribution in [1.29, 1.82) is 0 Å². The molecule has 0 amide bonds. The lowest BCUT2D eigenvalue weighted by molar-refractivity contribution is 0.0871. The summed E-state index contributed by atoms with van der Waals surface area (Å²) >= 11 is 0. The van der Waals surface area contributed by atoms with Gasteiger partial charge in [0.1, 0.15) is 23.2 Å². The molecule has 0 unspecified atom stereocenters. The Morgan fingerprint density at radius 3 is 2.61 bits per heavy atom. The number of fused-ring (bicyclic) bond motifs is 3. The molecule has 1 atom stereocenters. The maximum absolute atomic E-state index is 12.3. The number of aryl methyl sites for hydroxylation is 1. The highest BCUT2D eigenvalue weighted by molar-refractivity contribution is 6.11. The summed E-state index contributed by atoms with van der Waals surface area (Å²) in [6.45, 7) is 7.76. The second-order valence-corrected chi connectivity index (χ2v) is 5.37. The SMILES string of the molecule is CC.CCCc1cc(=O)oc2c3c(cc(O)c12)O[C@H](C)CC3=O. The van der Waals surface area contributed by atoms with Gasteiger partial charge in [0.05, 0.1) is 5.39 Å². The minimum absolute atomic E-state index is 0.0298. The average Bonchev–Trinajstić information content (AvgIpc) is 2.48. The fourth-order valence-corrected chi connectivity index (χ4v) is 2.82. The van der Waals surface area contributed by atoms with E-state index in [9.17, 15) is 14.7 Å². The summed E-state index contributed by atoms with van der Waals surface area (Å²) in [7, 11) is 0. The minimum atomic E-state index is -0.523. The molecule has 1 aromatic carbocycles. The maximum Gasteiger partial charge on any atom is 0.336 e. The number of phenolic OH excluding ortho intramolecular Hbond substituents is 1. The second-order valence-electron chi connectivity index (χ2n) is 5.37. The Bertz CT molecular complexity index is 788. The van der Waals surface area contributed by atoms with Gasteiger partial charge in [0.2, 0.25) is 0 Å². The Morgan fingerprint density at radius 2 is 1.96 bits per heavy atom. The van der Waals surface area contributed by atoms with Gasteiger partial charge in [-0.3, -0.25) is 4.79 Å². The van der Waals surface area contributed by atoms with Crippen LogP contribution in [0.5, 0.6) is 11.5 Å². The van der Waals surface area contributed by atoms with E-state index in [1.807, 2.05) is 20.8 Å². The van der Waals surface area contributed by atoms with Crippen molar-refractivity contribution < 1.29 is 19.1 Å². The Balaban J connectivity index is 0.000000924. The third-order valence-electron chi connectivity index (χ3n) is 3.64. The van der Waals surface area contributed by atoms with Crippen molar-refractivity contribution in [2.75, 3.05) is 0 Å². The molecular weight excluding hydrogens is 296 g/mol. The van der Waals surface area contributed by atoms with Crippen LogP contribution in [-0.4, -0.2) is 17.0 Å². The first-order valence-electron chi connectivity index (χ1n) is 8.03. The molecule has 5 heteroatoms. The van der Waals surface area contributed by atoms with Crippen LogP contribution >= 0.6 is 0 Å². The van der Waals surface area contributed by atoms with Crippen LogP contribution in [-0.2, 0) is 6.42 Å². The molecule has 0 spiro atoms. The molecule has 3 rings (SSSR count). The summed E-state index contributed by atoms with van der Waals surface area (Å²) < 4.78 is 10.8. The molecule has 1 aliphatic rings. The fourth-order valence-electron chi connectivity index (χ4n) is 2.82. The Hall–Kier alpha value is -2.30. The van der Waals surface area contributed by atoms with Crippen molar-refractivity contribution in [1.82, 2.24) is 0 Å². The normalized spacial score (nSPS) is 16.3. The van der Waals surface area contributed by atoms with E-state index in [-0.39, 0.29) is 41.0 Å². The molecule has 1 aromatic heterocycles. The number of ketones is 1. The largest absolute Gasteiger partial charge is 0.507 e. The van der Waals surface area contributed by atoms with Crippen LogP contribution in [0.25, 0.3) is 11.0 Å². The summed E-state index contributed by atoms with van der Waals surface area (Å²) in [4.78, 5) is 24.0. The zero-order chi connectivity index (χ0) is 17.1. The number of Topliss-reactive ketones (excluding diaryl/α,β-unsaturated/α-hetero) is 1. The van der Waals surface area contributed by atoms with E-state index in [1.54, 1.807) is 6.92 Å². The van der Waals surface area contributed by atoms with Gasteiger partial charge in [-0.15, -0.1) is 0 Å². The first kappa shape index (κ1) is 17.1. The van der Waals surface area contributed by atoms with E-state index in [2.05, 4.69) is 0 Å². The van der Waals surface area contributed by atoms with Gasteiger partial charge in [0.25, 0.3) is 0 Å². The topological polar surface area (TPSA) is 76.7 Å². The van der Waals surface area contributed by atoms with Gasteiger partial charge in [0, 0.05) is 18.6 Å². The van der Waals surface area contributed by atoms with Crippen molar-refractivity contribution >= 4 is 16.8 Å². The molecule has 0 bridgehead atoms. The molecule has 2 aromatic rings. The number of hydrogen-bond donors (Lipinski definition) is 1. The Labute approximate surface area is 134 Å². The maximum atomic E-state index is 12.3. The highest BCUT2D eigenvalue weighted by Crippen LogP contribution is 2.40. The van der Waals surface area contributed by atoms with Gasteiger partial charge in [-0.1, -0.05) is 27.2 Å². The summed E-state index contributed by atoms with van der Waals surface area (Å²) in [5, 5.41) is 10.7. The Morgan fingerprint density at radius 1 is 1.26 bits per heavy atom. The van der Waals surface area contributed by atoms with Crippen LogP contribution in [0.3, 0.4) is 0 Å². The summed E-state index contributed by atoms with van der Waals surface area (Å²) in [5.41, 5.74) is 0.564. The van der Waals surface area contributed by atoms with Crippen molar-refractivity contribution in [2.45, 2.75) is 53.1 Å². The number of carbonyl (C=O) groups is 1. The number of aromatic hydroxyl groups is 1. The van der Waals surface area contributed by atoms with Crippen molar-refractivity contribution in [3.63, 3.8) is 0 Å². The standard InChI is InChI=1S/C16H16O5.C2H6/c1-3-4-9-6-13(19)21-16-14(9)11(18)7-12-15(16)10(17)5-8(2)20-12;1-2/h6-8,18H,3-5H2,1-2H3;1-2H3/t8-;/m1./s1. The van der Waals surface area contributed by atoms with Crippen molar-refractivity contribution in [2.24, 2.45) is 0 Å². The van der Waals surface area contributed by atoms with E-state index >= 15 is 0 Å². The molecule has 1 aliphatic heterocycles. The molecule has 2 heterocycles. The molecule has 0 radical (unpaired) electrons. The van der Waals surface area contributed by atoms with Crippen LogP contribution in [0.4, 0.5) is 0 Å². The number of hydrogen-bond acceptors (Lipinski definition) is 5. The monoisotopic (exact) mass is 318 g/mol. The van der Waals surface area contributed by atoms with Crippen LogP contribution in [0.1, 0.15) is 56.5 Å². The third kappa shape index (κ3) is 3.09. The number of phenols is 1. The van der Waals surface area contributed by atoms with Gasteiger partial charge in [0.15, 0.2) is 11.4 Å². The van der Waals surface area contributed by atoms with E-state index < -0.39 is 5.63 Å². The number of benzene rings is 1. The van der Waals surface area contributed by atoms with Crippen molar-refractivity contribution in [3.05, 3.63) is 33.7 Å². The predicted molar refractivity (Wildman–Crippen MR) is 88.5 cm³/mol. The first-order valence-corrected chi connectivity index (χ1v) is 8.03. The molecule has 0 aliphatic carbocycles. The highest BCUT2D eigenvalue weighted by atomic mass is 16.5. The summed E-state index contributed by atoms with van der Waals surface area (Å²) in [6, 6.07) is 2.80. The van der Waals surface area contributed by atoms with Gasteiger partial charge in [-0.2, -0.15) is 0 Å². The zero-order valence-electron chi connectivity index (χ0n) is 13.9. The number of rotatable bonds is 2. The lowest BCUT2D eigenvalue weighted by Gasteiger charge is -2.23. The van der Waals surface area contributed by atoms with Gasteiger partial charge in [-0.05, 0) is 18.9 Å². The van der Waals surface area contributed by atoms with Crippen LogP contribution in [0, 0.1) is 0 Å². The van der Waals surface area contributed by atoms with E-state index in [0.717, 1.165) is 6.42 Å². The highest BCUT2D eigenvalue weighted by Gasteiger charge is 2.29. The summed E-state index contributed by atoms with van der Waals surface area (Å²) in [5.74, 6) is 0.115. The second kappa shape index (κ2) is 6.86. The smallest absolute Gasteiger partial charge is 0.336 e. The number of carbonyl (C=O) groups excluding carboxylic acids is 1. The van der Waals surface area contributed by atoms with E-state index in [4.69, 9.17) is 9.15 Å². The molecule has 1 N–H and O–H groups in total. The van der Waals surface area contributed by atoms with Crippen LogP contribution < -0.4 is 10.4 Å². The van der Waals surface area contributed by atoms with Crippen LogP contribution in [0.15, 0.2) is 21.3 Å². The average molecular weight is 318 g/mol. The Kier molecular flexibility index (Phi) is 5.08. The van der Waals surface area contributed by atoms with Gasteiger partial charge < -0.3 is 14.3 Å². The molecular formula is C18H22O5. The lowest BCUT2D eigenvalue weighted by atomic mass is 9.95. The fraction of sp³-hybridized carbons (Fsp3) is 0.444. The molecule has 124 valence electrons. The van der Waals surface area contributed by atoms with Crippen molar-refractivity contribution in [3.8, 4) is 11.5 Å². The first-order chi connectivity index (χ1) is 11.0. The molecule has 23 heavy (non-hydrogen) atoms. The van der Waals surface area contributed by atoms with Crippen LogP contribution in [0.2, 0.25) is 0 Å². The van der Waals surface area contributed by atoms with E-state index in [0.29, 0.717) is 17.4 Å². The van der Waals surface area contributed by atoms with Gasteiger partial charge >= 0.3 is 5.63 Å². The van der Waals surface area contributed by atoms with Gasteiger partial charge in [-0.25, -0.2) is 4.79 Å². The predicted octanol–water partition coefficient (Wildman–Crippen LogP) is 3.83. The summed E-state index contributed by atoms with van der Waals surface area (Å²) in [6.07, 6.45) is 1.41. The lowest BCUT2D eigenvalue weighted by Crippen LogP contribution is -2.24. The molecule has 5 nitrogen and oxygen atoms in total. The van der Waals surface area contributed by atoms with E-state index in [1.165, 1.54) is 12.1 Å². The number of ether oxygens (including phenoxy) is 1. The minimum Gasteiger partial charge on any atom is -0.507 e. The quantitative estimate of drug-likeness (QED) is 0.852. The molecule has 0 saturated heterocycles. The molecule has 0 saturated carbocycles. The zero-order valence-corrected chi connectivity index (χ0v) is 13.9.